The molecule has 2 aliphatic heterocycles. The van der Waals surface area contributed by atoms with Gasteiger partial charge in [0.25, 0.3) is 5.91 Å². The third-order valence-corrected chi connectivity index (χ3v) is 13.1. The van der Waals surface area contributed by atoms with Crippen molar-refractivity contribution in [2.45, 2.75) is 108 Å². The number of sulfonamides is 1. The van der Waals surface area contributed by atoms with E-state index in [1.54, 1.807) is 32.9 Å². The fourth-order valence-corrected chi connectivity index (χ4v) is 9.09. The van der Waals surface area contributed by atoms with Crippen LogP contribution in [0.15, 0.2) is 42.5 Å². The molecule has 53 heavy (non-hydrogen) atoms. The predicted octanol–water partition coefficient (Wildman–Crippen LogP) is 5.58. The quantitative estimate of drug-likeness (QED) is 0.321. The second-order valence-corrected chi connectivity index (χ2v) is 18.1. The van der Waals surface area contributed by atoms with Crippen molar-refractivity contribution in [1.82, 2.24) is 19.8 Å². The molecule has 0 aromatic heterocycles. The van der Waals surface area contributed by atoms with Crippen LogP contribution in [0, 0.1) is 17.3 Å². The Morgan fingerprint density at radius 2 is 1.75 bits per heavy atom. The summed E-state index contributed by atoms with van der Waals surface area (Å²) in [4.78, 5) is 58.5. The van der Waals surface area contributed by atoms with Crippen LogP contribution in [0.4, 0.5) is 18.0 Å². The van der Waals surface area contributed by atoms with Crippen LogP contribution in [0.5, 0.6) is 0 Å². The number of hydrogen-bond acceptors (Lipinski definition) is 7. The lowest BCUT2D eigenvalue weighted by atomic mass is 9.76. The van der Waals surface area contributed by atoms with Crippen LogP contribution in [0.1, 0.15) is 82.1 Å². The van der Waals surface area contributed by atoms with Gasteiger partial charge in [0.1, 0.15) is 17.7 Å². The van der Waals surface area contributed by atoms with Crippen LogP contribution in [0.25, 0.3) is 0 Å². The molecule has 2 aromatic rings. The first kappa shape index (κ1) is 38.9. The maximum Gasteiger partial charge on any atom is 0.416 e. The third kappa shape index (κ3) is 8.15. The Hall–Kier alpha value is -3.85. The summed E-state index contributed by atoms with van der Waals surface area (Å²) in [6.07, 6.45) is -4.88. The Labute approximate surface area is 312 Å². The van der Waals surface area contributed by atoms with E-state index in [4.69, 9.17) is 16.3 Å². The number of amides is 4. The van der Waals surface area contributed by atoms with Crippen molar-refractivity contribution >= 4 is 45.4 Å². The second-order valence-electron chi connectivity index (χ2n) is 15.7. The van der Waals surface area contributed by atoms with Crippen molar-refractivity contribution in [3.05, 3.63) is 69.7 Å². The first-order valence-corrected chi connectivity index (χ1v) is 19.7. The van der Waals surface area contributed by atoms with Crippen LogP contribution in [-0.2, 0) is 54.8 Å². The van der Waals surface area contributed by atoms with Gasteiger partial charge in [-0.25, -0.2) is 13.2 Å². The molecular formula is C37H44ClF3N4O7S. The number of carbonyl (C=O) groups excluding carboxylic acids is 4. The smallest absolute Gasteiger partial charge is 0.416 e. The van der Waals surface area contributed by atoms with Crippen molar-refractivity contribution in [3.63, 3.8) is 0 Å². The topological polar surface area (TPSA) is 142 Å². The second kappa shape index (κ2) is 14.1. The standard InChI is InChI=1S/C37H44ClF3N4O7S/c1-5-23-17-36(23,33(48)43-53(50,51)26-12-13-26)42-31(46)30-16-25(52-34(49)44-18-22-9-7-11-29(38)27(22)20-44)19-45(30)32(47)28(35(2,3)4)15-21-8-6-10-24(14-21)37(39,40)41/h6-11,14,23,25-26,28,30H,5,12-13,15-20H2,1-4H3,(H,42,46)(H,43,48)/t23-,25-,28-,30+,36-/m1/s1. The minimum absolute atomic E-state index is 0.0718. The minimum Gasteiger partial charge on any atom is -0.444 e. The molecule has 0 unspecified atom stereocenters. The van der Waals surface area contributed by atoms with Gasteiger partial charge in [-0.3, -0.25) is 24.0 Å². The molecule has 2 N–H and O–H groups in total. The number of hydrogen-bond donors (Lipinski definition) is 2. The van der Waals surface area contributed by atoms with Crippen LogP contribution >= 0.6 is 11.6 Å². The Morgan fingerprint density at radius 3 is 2.36 bits per heavy atom. The van der Waals surface area contributed by atoms with Crippen molar-refractivity contribution in [2.24, 2.45) is 17.3 Å². The summed E-state index contributed by atoms with van der Waals surface area (Å²) < 4.78 is 74.2. The molecule has 6 rings (SSSR count). The number of fused-ring (bicyclic) bond motifs is 1. The van der Waals surface area contributed by atoms with Crippen LogP contribution < -0.4 is 10.0 Å². The number of rotatable bonds is 10. The first-order valence-electron chi connectivity index (χ1n) is 17.8. The average Bonchev–Trinajstić information content (AvgIpc) is 3.97. The molecule has 0 radical (unpaired) electrons. The van der Waals surface area contributed by atoms with E-state index >= 15 is 0 Å². The summed E-state index contributed by atoms with van der Waals surface area (Å²) in [5.41, 5.74) is -1.23. The van der Waals surface area contributed by atoms with E-state index in [9.17, 15) is 40.8 Å². The lowest BCUT2D eigenvalue weighted by Crippen LogP contribution is -2.57. The minimum atomic E-state index is -4.59. The Balaban J connectivity index is 1.26. The summed E-state index contributed by atoms with van der Waals surface area (Å²) in [5.74, 6) is -3.36. The molecule has 1 saturated heterocycles. The molecule has 2 saturated carbocycles. The van der Waals surface area contributed by atoms with Crippen LogP contribution in [-0.4, -0.2) is 71.5 Å². The lowest BCUT2D eigenvalue weighted by Gasteiger charge is -2.35. The van der Waals surface area contributed by atoms with Crippen LogP contribution in [0.2, 0.25) is 5.02 Å². The molecule has 2 aliphatic carbocycles. The number of alkyl halides is 3. The molecular weight excluding hydrogens is 737 g/mol. The molecule has 11 nitrogen and oxygen atoms in total. The Kier molecular flexibility index (Phi) is 10.3. The maximum absolute atomic E-state index is 14.6. The van der Waals surface area contributed by atoms with Gasteiger partial charge >= 0.3 is 12.3 Å². The molecule has 3 fully saturated rings. The maximum atomic E-state index is 14.6. The fourth-order valence-electron chi connectivity index (χ4n) is 7.47. The number of likely N-dealkylation sites (tertiary alicyclic amines) is 1. The molecule has 2 aromatic carbocycles. The highest BCUT2D eigenvalue weighted by molar-refractivity contribution is 7.91. The number of carbonyl (C=O) groups is 4. The van der Waals surface area contributed by atoms with Crippen molar-refractivity contribution in [2.75, 3.05) is 6.54 Å². The molecule has 0 bridgehead atoms. The van der Waals surface area contributed by atoms with Gasteiger partial charge in [0, 0.05) is 23.9 Å². The van der Waals surface area contributed by atoms with Crippen molar-refractivity contribution in [1.29, 1.82) is 0 Å². The van der Waals surface area contributed by atoms with E-state index in [-0.39, 0.29) is 50.4 Å². The van der Waals surface area contributed by atoms with Crippen LogP contribution in [0.3, 0.4) is 0 Å². The van der Waals surface area contributed by atoms with Gasteiger partial charge in [0.2, 0.25) is 21.8 Å². The number of ether oxygens (including phenoxy) is 1. The van der Waals surface area contributed by atoms with Gasteiger partial charge in [-0.05, 0) is 65.8 Å². The molecule has 4 amide bonds. The average molecular weight is 781 g/mol. The van der Waals surface area contributed by atoms with Gasteiger partial charge in [0.05, 0.1) is 23.9 Å². The van der Waals surface area contributed by atoms with Gasteiger partial charge < -0.3 is 15.0 Å². The predicted molar refractivity (Wildman–Crippen MR) is 189 cm³/mol. The zero-order valence-corrected chi connectivity index (χ0v) is 31.5. The molecule has 5 atom stereocenters. The zero-order chi connectivity index (χ0) is 38.7. The van der Waals surface area contributed by atoms with E-state index in [1.807, 2.05) is 13.0 Å². The molecule has 288 valence electrons. The SMILES string of the molecule is CC[C@@H]1C[C@]1(NC(=O)[C@@H]1C[C@@H](OC(=O)N2Cc3cccc(Cl)c3C2)CN1C(=O)[C@@H](Cc1cccc(C(F)(F)F)c1)C(C)(C)C)C(=O)NS(=O)(=O)C1CC1. The summed E-state index contributed by atoms with van der Waals surface area (Å²) in [7, 11) is -3.92. The highest BCUT2D eigenvalue weighted by Gasteiger charge is 2.62. The summed E-state index contributed by atoms with van der Waals surface area (Å²) in [6.45, 7) is 7.40. The molecule has 2 heterocycles. The Bertz CT molecular complexity index is 1920. The lowest BCUT2D eigenvalue weighted by molar-refractivity contribution is -0.145. The highest BCUT2D eigenvalue weighted by atomic mass is 35.5. The van der Waals surface area contributed by atoms with E-state index in [0.29, 0.717) is 24.3 Å². The van der Waals surface area contributed by atoms with Crippen molar-refractivity contribution < 1.29 is 45.5 Å². The third-order valence-electron chi connectivity index (χ3n) is 10.9. The number of benzene rings is 2. The fraction of sp³-hybridized carbons (Fsp3) is 0.568. The molecule has 0 spiro atoms. The zero-order valence-electron chi connectivity index (χ0n) is 30.0. The number of nitrogens with one attached hydrogen (secondary N) is 2. The van der Waals surface area contributed by atoms with E-state index in [1.165, 1.54) is 21.9 Å². The summed E-state index contributed by atoms with van der Waals surface area (Å²) in [5, 5.41) is 2.62. The van der Waals surface area contributed by atoms with Gasteiger partial charge in [-0.2, -0.15) is 13.2 Å². The van der Waals surface area contributed by atoms with E-state index in [0.717, 1.165) is 23.3 Å². The van der Waals surface area contributed by atoms with Gasteiger partial charge in [-0.15, -0.1) is 0 Å². The number of nitrogens with zero attached hydrogens (tertiary/aromatic N) is 2. The van der Waals surface area contributed by atoms with Gasteiger partial charge in [0.15, 0.2) is 0 Å². The normalized spacial score (nSPS) is 24.7. The molecule has 16 heteroatoms. The number of halogens is 4. The summed E-state index contributed by atoms with van der Waals surface area (Å²) >= 11 is 6.34. The first-order chi connectivity index (χ1) is 24.7. The molecule has 4 aliphatic rings. The van der Waals surface area contributed by atoms with Gasteiger partial charge in [-0.1, -0.05) is 76.0 Å². The monoisotopic (exact) mass is 780 g/mol. The largest absolute Gasteiger partial charge is 0.444 e. The Morgan fingerprint density at radius 1 is 1.06 bits per heavy atom. The van der Waals surface area contributed by atoms with E-state index < -0.39 is 79.8 Å². The summed E-state index contributed by atoms with van der Waals surface area (Å²) in [6, 6.07) is 8.86. The van der Waals surface area contributed by atoms with Crippen molar-refractivity contribution in [3.8, 4) is 0 Å². The van der Waals surface area contributed by atoms with E-state index in [2.05, 4.69) is 10.0 Å². The highest BCUT2D eigenvalue weighted by Crippen LogP contribution is 2.47.